The lowest BCUT2D eigenvalue weighted by Gasteiger charge is -2.24. The van der Waals surface area contributed by atoms with Crippen molar-refractivity contribution < 1.29 is 0 Å². The van der Waals surface area contributed by atoms with E-state index in [9.17, 15) is 0 Å². The molecule has 0 aliphatic carbocycles. The highest BCUT2D eigenvalue weighted by Crippen LogP contribution is 2.27. The Morgan fingerprint density at radius 1 is 1.00 bits per heavy atom. The lowest BCUT2D eigenvalue weighted by atomic mass is 9.82. The third-order valence-electron chi connectivity index (χ3n) is 4.33. The summed E-state index contributed by atoms with van der Waals surface area (Å²) in [4.78, 5) is 0. The predicted molar refractivity (Wildman–Crippen MR) is 95.3 cm³/mol. The summed E-state index contributed by atoms with van der Waals surface area (Å²) in [5, 5.41) is 3.72. The summed E-state index contributed by atoms with van der Waals surface area (Å²) in [5.41, 5.74) is 6.15. The minimum Gasteiger partial charge on any atom is -0.314 e. The number of benzene rings is 1. The number of rotatable bonds is 7. The first-order chi connectivity index (χ1) is 9.79. The molecule has 1 rings (SSSR count). The van der Waals surface area contributed by atoms with Gasteiger partial charge in [0, 0.05) is 6.04 Å². The quantitative estimate of drug-likeness (QED) is 0.717. The van der Waals surface area contributed by atoms with Crippen LogP contribution in [0, 0.1) is 13.8 Å². The standard InChI is InChI=1S/C20H35N/c1-8-10-18(21-11-9-2)14-19-15(3)12-17(13-16(19)4)20(5,6)7/h12-13,18,21H,8-11,14H2,1-7H3. The zero-order valence-corrected chi connectivity index (χ0v) is 15.3. The molecule has 0 heterocycles. The lowest BCUT2D eigenvalue weighted by molar-refractivity contribution is 0.471. The maximum Gasteiger partial charge on any atom is 0.0108 e. The third-order valence-corrected chi connectivity index (χ3v) is 4.33. The zero-order valence-electron chi connectivity index (χ0n) is 15.3. The van der Waals surface area contributed by atoms with Gasteiger partial charge in [0.25, 0.3) is 0 Å². The molecule has 0 fully saturated rings. The monoisotopic (exact) mass is 289 g/mol. The second-order valence-corrected chi connectivity index (χ2v) is 7.48. The van der Waals surface area contributed by atoms with Gasteiger partial charge >= 0.3 is 0 Å². The molecule has 0 aromatic heterocycles. The van der Waals surface area contributed by atoms with Gasteiger partial charge in [-0.2, -0.15) is 0 Å². The van der Waals surface area contributed by atoms with Crippen LogP contribution in [0.25, 0.3) is 0 Å². The Morgan fingerprint density at radius 2 is 1.57 bits per heavy atom. The summed E-state index contributed by atoms with van der Waals surface area (Å²) in [6, 6.07) is 5.41. The molecule has 120 valence electrons. The molecular formula is C20H35N. The van der Waals surface area contributed by atoms with Crippen LogP contribution in [0.1, 0.15) is 76.1 Å². The fourth-order valence-corrected chi connectivity index (χ4v) is 2.97. The van der Waals surface area contributed by atoms with Crippen molar-refractivity contribution >= 4 is 0 Å². The molecular weight excluding hydrogens is 254 g/mol. The van der Waals surface area contributed by atoms with Crippen LogP contribution in [0.15, 0.2) is 12.1 Å². The third kappa shape index (κ3) is 5.47. The van der Waals surface area contributed by atoms with Crippen LogP contribution in [-0.2, 0) is 11.8 Å². The molecule has 1 nitrogen and oxygen atoms in total. The van der Waals surface area contributed by atoms with E-state index in [1.807, 2.05) is 0 Å². The van der Waals surface area contributed by atoms with E-state index >= 15 is 0 Å². The van der Waals surface area contributed by atoms with Crippen LogP contribution >= 0.6 is 0 Å². The Morgan fingerprint density at radius 3 is 2.00 bits per heavy atom. The van der Waals surface area contributed by atoms with E-state index in [2.05, 4.69) is 65.9 Å². The maximum atomic E-state index is 3.72. The molecule has 21 heavy (non-hydrogen) atoms. The van der Waals surface area contributed by atoms with Crippen LogP contribution in [-0.4, -0.2) is 12.6 Å². The largest absolute Gasteiger partial charge is 0.314 e. The van der Waals surface area contributed by atoms with Gasteiger partial charge < -0.3 is 5.32 Å². The van der Waals surface area contributed by atoms with Gasteiger partial charge in [0.1, 0.15) is 0 Å². The maximum absolute atomic E-state index is 3.72. The van der Waals surface area contributed by atoms with Crippen molar-refractivity contribution in [3.63, 3.8) is 0 Å². The van der Waals surface area contributed by atoms with Crippen molar-refractivity contribution in [1.82, 2.24) is 5.32 Å². The lowest BCUT2D eigenvalue weighted by Crippen LogP contribution is -2.32. The molecule has 0 aliphatic rings. The molecule has 0 saturated carbocycles. The number of hydrogen-bond donors (Lipinski definition) is 1. The van der Waals surface area contributed by atoms with Gasteiger partial charge in [-0.15, -0.1) is 0 Å². The molecule has 1 atom stereocenters. The van der Waals surface area contributed by atoms with Gasteiger partial charge in [0.05, 0.1) is 0 Å². The van der Waals surface area contributed by atoms with E-state index < -0.39 is 0 Å². The highest BCUT2D eigenvalue weighted by Gasteiger charge is 2.17. The Kier molecular flexibility index (Phi) is 6.93. The molecule has 1 aromatic carbocycles. The molecule has 0 bridgehead atoms. The van der Waals surface area contributed by atoms with Crippen molar-refractivity contribution in [3.8, 4) is 0 Å². The highest BCUT2D eigenvalue weighted by atomic mass is 14.9. The van der Waals surface area contributed by atoms with Crippen LogP contribution in [0.2, 0.25) is 0 Å². The van der Waals surface area contributed by atoms with Crippen LogP contribution in [0.4, 0.5) is 0 Å². The Labute approximate surface area is 132 Å². The van der Waals surface area contributed by atoms with Crippen LogP contribution in [0.5, 0.6) is 0 Å². The van der Waals surface area contributed by atoms with E-state index in [1.54, 1.807) is 5.56 Å². The van der Waals surface area contributed by atoms with Gasteiger partial charge in [-0.05, 0) is 67.3 Å². The molecule has 0 amide bonds. The van der Waals surface area contributed by atoms with Gasteiger partial charge in [0.15, 0.2) is 0 Å². The minimum atomic E-state index is 0.233. The molecule has 1 heteroatoms. The number of aryl methyl sites for hydroxylation is 2. The average molecular weight is 290 g/mol. The predicted octanol–water partition coefficient (Wildman–Crippen LogP) is 5.31. The second kappa shape index (κ2) is 7.98. The normalized spacial score (nSPS) is 13.5. The van der Waals surface area contributed by atoms with E-state index in [0.717, 1.165) is 13.0 Å². The zero-order chi connectivity index (χ0) is 16.0. The topological polar surface area (TPSA) is 12.0 Å². The van der Waals surface area contributed by atoms with Crippen molar-refractivity contribution in [2.75, 3.05) is 6.54 Å². The highest BCUT2D eigenvalue weighted by molar-refractivity contribution is 5.41. The summed E-state index contributed by atoms with van der Waals surface area (Å²) in [5.74, 6) is 0. The molecule has 0 radical (unpaired) electrons. The first-order valence-electron chi connectivity index (χ1n) is 8.63. The van der Waals surface area contributed by atoms with E-state index in [4.69, 9.17) is 0 Å². The van der Waals surface area contributed by atoms with Crippen molar-refractivity contribution in [2.24, 2.45) is 0 Å². The number of nitrogens with one attached hydrogen (secondary N) is 1. The Balaban J connectivity index is 2.96. The van der Waals surface area contributed by atoms with E-state index in [-0.39, 0.29) is 5.41 Å². The smallest absolute Gasteiger partial charge is 0.0108 e. The van der Waals surface area contributed by atoms with Gasteiger partial charge in [0.2, 0.25) is 0 Å². The summed E-state index contributed by atoms with van der Waals surface area (Å²) in [6.45, 7) is 17.1. The minimum absolute atomic E-state index is 0.233. The van der Waals surface area contributed by atoms with Gasteiger partial charge in [-0.25, -0.2) is 0 Å². The van der Waals surface area contributed by atoms with E-state index in [1.165, 1.54) is 36.0 Å². The Bertz CT molecular complexity index is 417. The molecule has 1 unspecified atom stereocenters. The van der Waals surface area contributed by atoms with Crippen LogP contribution in [0.3, 0.4) is 0 Å². The van der Waals surface area contributed by atoms with Crippen molar-refractivity contribution in [3.05, 3.63) is 34.4 Å². The molecule has 1 aromatic rings. The van der Waals surface area contributed by atoms with Crippen molar-refractivity contribution in [2.45, 2.75) is 85.6 Å². The van der Waals surface area contributed by atoms with Gasteiger partial charge in [-0.1, -0.05) is 53.2 Å². The summed E-state index contributed by atoms with van der Waals surface area (Å²) < 4.78 is 0. The summed E-state index contributed by atoms with van der Waals surface area (Å²) in [7, 11) is 0. The second-order valence-electron chi connectivity index (χ2n) is 7.48. The molecule has 0 aliphatic heterocycles. The fraction of sp³-hybridized carbons (Fsp3) is 0.700. The molecule has 0 saturated heterocycles. The number of hydrogen-bond acceptors (Lipinski definition) is 1. The molecule has 0 spiro atoms. The summed E-state index contributed by atoms with van der Waals surface area (Å²) >= 11 is 0. The Hall–Kier alpha value is -0.820. The molecule has 1 N–H and O–H groups in total. The SMILES string of the molecule is CCCNC(CCC)Cc1c(C)cc(C(C)(C)C)cc1C. The first-order valence-corrected chi connectivity index (χ1v) is 8.63. The van der Waals surface area contributed by atoms with E-state index in [0.29, 0.717) is 6.04 Å². The van der Waals surface area contributed by atoms with Crippen LogP contribution < -0.4 is 5.32 Å². The fourth-order valence-electron chi connectivity index (χ4n) is 2.97. The van der Waals surface area contributed by atoms with Gasteiger partial charge in [-0.3, -0.25) is 0 Å². The first kappa shape index (κ1) is 18.2. The average Bonchev–Trinajstić information content (AvgIpc) is 2.38. The summed E-state index contributed by atoms with van der Waals surface area (Å²) in [6.07, 6.45) is 4.89. The van der Waals surface area contributed by atoms with Crippen molar-refractivity contribution in [1.29, 1.82) is 0 Å².